The lowest BCUT2D eigenvalue weighted by molar-refractivity contribution is -0.137. The third kappa shape index (κ3) is 2.74. The Balaban J connectivity index is 1.22. The number of nitrogens with zero attached hydrogens (tertiary/aromatic N) is 1. The van der Waals surface area contributed by atoms with Gasteiger partial charge in [-0.25, -0.2) is 4.79 Å². The number of carbonyl (C=O) groups is 3. The van der Waals surface area contributed by atoms with Crippen molar-refractivity contribution in [1.82, 2.24) is 4.90 Å². The molecule has 1 atom stereocenters. The molecule has 2 saturated carbocycles. The standard InChI is InChI=1S/C26H25NO5/c28-21(29)15-24(9-10-24)17-5-7-18(8-6-17)25(11-12-25)23(31)27-14-13-26(16-27)20-4-2-1-3-19(20)22(30)32-26/h1-8H,9-16H2,(H,28,29). The van der Waals surface area contributed by atoms with Gasteiger partial charge >= 0.3 is 11.9 Å². The fourth-order valence-corrected chi connectivity index (χ4v) is 5.81. The molecule has 2 aromatic carbocycles. The highest BCUT2D eigenvalue weighted by Crippen LogP contribution is 2.54. The summed E-state index contributed by atoms with van der Waals surface area (Å²) < 4.78 is 5.81. The Kier molecular flexibility index (Phi) is 3.93. The Morgan fingerprint density at radius 3 is 2.28 bits per heavy atom. The van der Waals surface area contributed by atoms with Crippen LogP contribution in [0.25, 0.3) is 0 Å². The number of carboxylic acid groups (broad SMARTS) is 1. The van der Waals surface area contributed by atoms with E-state index in [2.05, 4.69) is 0 Å². The maximum atomic E-state index is 13.6. The monoisotopic (exact) mass is 431 g/mol. The molecular formula is C26H25NO5. The molecule has 32 heavy (non-hydrogen) atoms. The van der Waals surface area contributed by atoms with Crippen LogP contribution in [0.15, 0.2) is 48.5 Å². The summed E-state index contributed by atoms with van der Waals surface area (Å²) in [6.45, 7) is 0.970. The second-order valence-corrected chi connectivity index (χ2v) is 9.92. The number of benzene rings is 2. The van der Waals surface area contributed by atoms with Crippen LogP contribution >= 0.6 is 0 Å². The average molecular weight is 431 g/mol. The van der Waals surface area contributed by atoms with Crippen LogP contribution in [0.2, 0.25) is 0 Å². The summed E-state index contributed by atoms with van der Waals surface area (Å²) >= 11 is 0. The molecule has 1 spiro atoms. The molecule has 1 N–H and O–H groups in total. The lowest BCUT2D eigenvalue weighted by Gasteiger charge is -2.27. The Morgan fingerprint density at radius 1 is 0.938 bits per heavy atom. The van der Waals surface area contributed by atoms with Crippen molar-refractivity contribution in [2.24, 2.45) is 0 Å². The summed E-state index contributed by atoms with van der Waals surface area (Å²) in [6.07, 6.45) is 4.20. The van der Waals surface area contributed by atoms with E-state index in [1.807, 2.05) is 47.4 Å². The molecule has 6 heteroatoms. The maximum Gasteiger partial charge on any atom is 0.339 e. The first-order valence-corrected chi connectivity index (χ1v) is 11.3. The lowest BCUT2D eigenvalue weighted by Crippen LogP contribution is -2.40. The Labute approximate surface area is 186 Å². The molecule has 0 bridgehead atoms. The van der Waals surface area contributed by atoms with Crippen LogP contribution in [-0.2, 0) is 30.8 Å². The molecule has 6 rings (SSSR count). The molecule has 1 saturated heterocycles. The third-order valence-electron chi connectivity index (χ3n) is 8.00. The highest BCUT2D eigenvalue weighted by molar-refractivity contribution is 5.96. The number of fused-ring (bicyclic) bond motifs is 2. The summed E-state index contributed by atoms with van der Waals surface area (Å²) in [5.74, 6) is -0.964. The Hall–Kier alpha value is -3.15. The fraction of sp³-hybridized carbons (Fsp3) is 0.423. The van der Waals surface area contributed by atoms with Crippen molar-refractivity contribution >= 4 is 17.8 Å². The molecule has 2 aliphatic carbocycles. The number of likely N-dealkylation sites (tertiary alicyclic amines) is 1. The first kappa shape index (κ1) is 19.5. The molecule has 0 radical (unpaired) electrons. The molecule has 2 aromatic rings. The normalized spacial score (nSPS) is 26.0. The zero-order valence-electron chi connectivity index (χ0n) is 17.8. The van der Waals surface area contributed by atoms with Gasteiger partial charge in [0.15, 0.2) is 5.60 Å². The van der Waals surface area contributed by atoms with Crippen LogP contribution in [0, 0.1) is 0 Å². The molecule has 3 fully saturated rings. The fourth-order valence-electron chi connectivity index (χ4n) is 5.81. The van der Waals surface area contributed by atoms with Gasteiger partial charge in [0.2, 0.25) is 5.91 Å². The number of amides is 1. The predicted octanol–water partition coefficient (Wildman–Crippen LogP) is 3.52. The van der Waals surface area contributed by atoms with E-state index in [0.717, 1.165) is 42.4 Å². The van der Waals surface area contributed by atoms with Crippen LogP contribution < -0.4 is 0 Å². The van der Waals surface area contributed by atoms with E-state index < -0.39 is 17.0 Å². The molecule has 0 aromatic heterocycles. The van der Waals surface area contributed by atoms with Gasteiger partial charge in [0.05, 0.1) is 23.9 Å². The Bertz CT molecular complexity index is 1150. The largest absolute Gasteiger partial charge is 0.481 e. The van der Waals surface area contributed by atoms with Gasteiger partial charge in [0, 0.05) is 23.9 Å². The maximum absolute atomic E-state index is 13.6. The zero-order valence-corrected chi connectivity index (χ0v) is 17.8. The topological polar surface area (TPSA) is 83.9 Å². The van der Waals surface area contributed by atoms with Crippen molar-refractivity contribution in [2.75, 3.05) is 13.1 Å². The Morgan fingerprint density at radius 2 is 1.62 bits per heavy atom. The molecule has 2 aliphatic heterocycles. The van der Waals surface area contributed by atoms with Gasteiger partial charge in [-0.3, -0.25) is 9.59 Å². The number of ether oxygens (including phenoxy) is 1. The zero-order chi connectivity index (χ0) is 22.1. The summed E-state index contributed by atoms with van der Waals surface area (Å²) in [4.78, 5) is 39.1. The molecule has 164 valence electrons. The van der Waals surface area contributed by atoms with Gasteiger partial charge < -0.3 is 14.7 Å². The summed E-state index contributed by atoms with van der Waals surface area (Å²) in [7, 11) is 0. The van der Waals surface area contributed by atoms with Crippen LogP contribution in [-0.4, -0.2) is 40.9 Å². The van der Waals surface area contributed by atoms with Gasteiger partial charge in [-0.1, -0.05) is 42.5 Å². The van der Waals surface area contributed by atoms with Crippen molar-refractivity contribution in [3.8, 4) is 0 Å². The molecule has 1 unspecified atom stereocenters. The lowest BCUT2D eigenvalue weighted by atomic mass is 9.88. The van der Waals surface area contributed by atoms with Crippen molar-refractivity contribution in [3.63, 3.8) is 0 Å². The number of aliphatic carboxylic acids is 1. The van der Waals surface area contributed by atoms with E-state index >= 15 is 0 Å². The molecule has 1 amide bonds. The van der Waals surface area contributed by atoms with E-state index in [1.54, 1.807) is 6.07 Å². The smallest absolute Gasteiger partial charge is 0.339 e. The number of carbonyl (C=O) groups excluding carboxylic acids is 2. The predicted molar refractivity (Wildman–Crippen MR) is 115 cm³/mol. The molecule has 2 heterocycles. The van der Waals surface area contributed by atoms with Gasteiger partial charge in [-0.2, -0.15) is 0 Å². The van der Waals surface area contributed by atoms with E-state index in [-0.39, 0.29) is 23.7 Å². The van der Waals surface area contributed by atoms with E-state index in [1.165, 1.54) is 0 Å². The quantitative estimate of drug-likeness (QED) is 0.733. The molecule has 6 nitrogen and oxygen atoms in total. The van der Waals surface area contributed by atoms with E-state index in [9.17, 15) is 19.5 Å². The highest BCUT2D eigenvalue weighted by Gasteiger charge is 2.58. The number of carboxylic acids is 1. The summed E-state index contributed by atoms with van der Waals surface area (Å²) in [5, 5.41) is 9.22. The van der Waals surface area contributed by atoms with Crippen molar-refractivity contribution in [1.29, 1.82) is 0 Å². The minimum Gasteiger partial charge on any atom is -0.481 e. The minimum absolute atomic E-state index is 0.106. The SMILES string of the molecule is O=C(O)CC1(c2ccc(C3(C(=O)N4CCC5(C4)OC(=O)c4ccccc45)CC3)cc2)CC1. The molecular weight excluding hydrogens is 406 g/mol. The van der Waals surface area contributed by atoms with Crippen LogP contribution in [0.4, 0.5) is 0 Å². The minimum atomic E-state index is -0.766. The van der Waals surface area contributed by atoms with Gasteiger partial charge in [-0.15, -0.1) is 0 Å². The van der Waals surface area contributed by atoms with Crippen LogP contribution in [0.5, 0.6) is 0 Å². The van der Waals surface area contributed by atoms with Gasteiger partial charge in [0.1, 0.15) is 0 Å². The van der Waals surface area contributed by atoms with Gasteiger partial charge in [-0.05, 0) is 42.9 Å². The number of esters is 1. The van der Waals surface area contributed by atoms with Gasteiger partial charge in [0.25, 0.3) is 0 Å². The van der Waals surface area contributed by atoms with Crippen molar-refractivity contribution in [2.45, 2.75) is 55.0 Å². The third-order valence-corrected chi connectivity index (χ3v) is 8.00. The van der Waals surface area contributed by atoms with E-state index in [4.69, 9.17) is 4.74 Å². The number of hydrogen-bond donors (Lipinski definition) is 1. The van der Waals surface area contributed by atoms with Crippen molar-refractivity contribution in [3.05, 3.63) is 70.8 Å². The first-order valence-electron chi connectivity index (χ1n) is 11.3. The first-order chi connectivity index (χ1) is 15.4. The highest BCUT2D eigenvalue weighted by atomic mass is 16.6. The van der Waals surface area contributed by atoms with Crippen molar-refractivity contribution < 1.29 is 24.2 Å². The van der Waals surface area contributed by atoms with Crippen LogP contribution in [0.3, 0.4) is 0 Å². The molecule has 4 aliphatic rings. The van der Waals surface area contributed by atoms with Crippen LogP contribution in [0.1, 0.15) is 65.6 Å². The van der Waals surface area contributed by atoms with E-state index in [0.29, 0.717) is 25.1 Å². The summed E-state index contributed by atoms with van der Waals surface area (Å²) in [5.41, 5.74) is 2.10. The average Bonchev–Trinajstić information content (AvgIpc) is 3.70. The second-order valence-electron chi connectivity index (χ2n) is 9.92. The number of hydrogen-bond acceptors (Lipinski definition) is 4. The number of rotatable bonds is 5. The second kappa shape index (κ2) is 6.44. The summed E-state index contributed by atoms with van der Waals surface area (Å²) in [6, 6.07) is 15.5.